The standard InChI is InChI=1S/C21H25N3O6/c1-22-20(28)17-8-14(19(27)23-18-9-15(18)12-26)11-24(21(17)29)10-13-3-2-4-16(7-13)30-6-5-25/h2-4,7-8,11,15,18,25-26H,5-6,9-10,12H2,1H3,(H,22,28)(H,23,27). The Labute approximate surface area is 173 Å². The summed E-state index contributed by atoms with van der Waals surface area (Å²) >= 11 is 0. The number of nitrogens with zero attached hydrogens (tertiary/aromatic N) is 1. The molecular formula is C21H25N3O6. The van der Waals surface area contributed by atoms with E-state index in [1.807, 2.05) is 0 Å². The van der Waals surface area contributed by atoms with E-state index in [0.717, 1.165) is 5.56 Å². The Kier molecular flexibility index (Phi) is 6.86. The normalized spacial score (nSPS) is 17.3. The molecule has 1 saturated carbocycles. The van der Waals surface area contributed by atoms with E-state index >= 15 is 0 Å². The van der Waals surface area contributed by atoms with Crippen LogP contribution >= 0.6 is 0 Å². The lowest BCUT2D eigenvalue weighted by Crippen LogP contribution is -2.34. The minimum atomic E-state index is -0.580. The summed E-state index contributed by atoms with van der Waals surface area (Å²) in [6, 6.07) is 8.18. The summed E-state index contributed by atoms with van der Waals surface area (Å²) in [6.45, 7) is 0.163. The number of hydrogen-bond donors (Lipinski definition) is 4. The van der Waals surface area contributed by atoms with Crippen molar-refractivity contribution in [2.75, 3.05) is 26.9 Å². The Bertz CT molecular complexity index is 987. The van der Waals surface area contributed by atoms with Crippen LogP contribution in [0.1, 0.15) is 32.7 Å². The number of hydrogen-bond acceptors (Lipinski definition) is 6. The van der Waals surface area contributed by atoms with Gasteiger partial charge in [0.2, 0.25) is 0 Å². The van der Waals surface area contributed by atoms with Crippen molar-refractivity contribution in [3.8, 4) is 5.75 Å². The first-order chi connectivity index (χ1) is 14.5. The van der Waals surface area contributed by atoms with Crippen LogP contribution in [0.2, 0.25) is 0 Å². The number of aliphatic hydroxyl groups excluding tert-OH is 2. The molecule has 0 bridgehead atoms. The van der Waals surface area contributed by atoms with Crippen LogP contribution in [0.4, 0.5) is 0 Å². The molecule has 2 unspecified atom stereocenters. The van der Waals surface area contributed by atoms with Crippen molar-refractivity contribution in [2.24, 2.45) is 5.92 Å². The molecule has 1 aromatic heterocycles. The van der Waals surface area contributed by atoms with Crippen LogP contribution in [0.3, 0.4) is 0 Å². The van der Waals surface area contributed by atoms with Gasteiger partial charge in [-0.1, -0.05) is 12.1 Å². The molecule has 1 fully saturated rings. The molecule has 9 heteroatoms. The van der Waals surface area contributed by atoms with Gasteiger partial charge in [-0.15, -0.1) is 0 Å². The largest absolute Gasteiger partial charge is 0.491 e. The van der Waals surface area contributed by atoms with E-state index in [4.69, 9.17) is 14.9 Å². The second-order valence-corrected chi connectivity index (χ2v) is 7.13. The maximum absolute atomic E-state index is 12.8. The number of carbonyl (C=O) groups is 2. The molecule has 0 spiro atoms. The monoisotopic (exact) mass is 415 g/mol. The topological polar surface area (TPSA) is 130 Å². The highest BCUT2D eigenvalue weighted by atomic mass is 16.5. The molecule has 0 saturated heterocycles. The first-order valence-corrected chi connectivity index (χ1v) is 9.67. The molecule has 0 aliphatic heterocycles. The number of amides is 2. The number of ether oxygens (including phenoxy) is 1. The smallest absolute Gasteiger partial charge is 0.263 e. The van der Waals surface area contributed by atoms with E-state index in [0.29, 0.717) is 12.2 Å². The van der Waals surface area contributed by atoms with Gasteiger partial charge < -0.3 is 30.2 Å². The van der Waals surface area contributed by atoms with Crippen molar-refractivity contribution in [3.05, 3.63) is 63.6 Å². The minimum Gasteiger partial charge on any atom is -0.491 e. The van der Waals surface area contributed by atoms with Gasteiger partial charge in [0.1, 0.15) is 17.9 Å². The van der Waals surface area contributed by atoms with Gasteiger partial charge in [0.15, 0.2) is 0 Å². The van der Waals surface area contributed by atoms with E-state index in [2.05, 4.69) is 10.6 Å². The summed E-state index contributed by atoms with van der Waals surface area (Å²) in [4.78, 5) is 37.6. The summed E-state index contributed by atoms with van der Waals surface area (Å²) in [5.74, 6) is -0.406. The van der Waals surface area contributed by atoms with Gasteiger partial charge >= 0.3 is 0 Å². The van der Waals surface area contributed by atoms with Crippen molar-refractivity contribution >= 4 is 11.8 Å². The second-order valence-electron chi connectivity index (χ2n) is 7.13. The van der Waals surface area contributed by atoms with Crippen molar-refractivity contribution in [1.82, 2.24) is 15.2 Å². The number of benzene rings is 1. The number of nitrogens with one attached hydrogen (secondary N) is 2. The lowest BCUT2D eigenvalue weighted by atomic mass is 10.1. The average Bonchev–Trinajstić information content (AvgIpc) is 3.51. The van der Waals surface area contributed by atoms with E-state index in [9.17, 15) is 14.4 Å². The van der Waals surface area contributed by atoms with Gasteiger partial charge in [0.25, 0.3) is 17.4 Å². The fourth-order valence-corrected chi connectivity index (χ4v) is 3.15. The van der Waals surface area contributed by atoms with Crippen molar-refractivity contribution in [1.29, 1.82) is 0 Å². The zero-order chi connectivity index (χ0) is 21.7. The SMILES string of the molecule is CNC(=O)c1cc(C(=O)NC2CC2CO)cn(Cc2cccc(OCCO)c2)c1=O. The molecule has 0 radical (unpaired) electrons. The second kappa shape index (κ2) is 9.55. The molecule has 9 nitrogen and oxygen atoms in total. The maximum atomic E-state index is 12.8. The summed E-state index contributed by atoms with van der Waals surface area (Å²) < 4.78 is 6.70. The summed E-state index contributed by atoms with van der Waals surface area (Å²) in [5.41, 5.74) is 0.263. The Balaban J connectivity index is 1.90. The van der Waals surface area contributed by atoms with Crippen LogP contribution in [0.5, 0.6) is 5.75 Å². The van der Waals surface area contributed by atoms with Gasteiger partial charge in [0, 0.05) is 31.8 Å². The third kappa shape index (κ3) is 5.05. The van der Waals surface area contributed by atoms with E-state index in [1.165, 1.54) is 23.9 Å². The van der Waals surface area contributed by atoms with Gasteiger partial charge in [-0.25, -0.2) is 0 Å². The Morgan fingerprint density at radius 1 is 1.23 bits per heavy atom. The third-order valence-corrected chi connectivity index (χ3v) is 4.90. The van der Waals surface area contributed by atoms with Crippen LogP contribution in [-0.2, 0) is 6.54 Å². The van der Waals surface area contributed by atoms with Crippen molar-refractivity contribution < 1.29 is 24.5 Å². The van der Waals surface area contributed by atoms with Crippen molar-refractivity contribution in [2.45, 2.75) is 19.0 Å². The van der Waals surface area contributed by atoms with Crippen LogP contribution in [0.25, 0.3) is 0 Å². The molecule has 1 aliphatic rings. The van der Waals surface area contributed by atoms with Gasteiger partial charge in [-0.05, 0) is 30.2 Å². The number of carbonyl (C=O) groups excluding carboxylic acids is 2. The zero-order valence-electron chi connectivity index (χ0n) is 16.6. The fraction of sp³-hybridized carbons (Fsp3) is 0.381. The van der Waals surface area contributed by atoms with E-state index < -0.39 is 17.4 Å². The number of rotatable bonds is 9. The lowest BCUT2D eigenvalue weighted by molar-refractivity contribution is 0.0946. The van der Waals surface area contributed by atoms with Crippen LogP contribution < -0.4 is 20.9 Å². The molecule has 3 rings (SSSR count). The maximum Gasteiger partial charge on any atom is 0.263 e. The highest BCUT2D eigenvalue weighted by Crippen LogP contribution is 2.29. The van der Waals surface area contributed by atoms with Gasteiger partial charge in [-0.2, -0.15) is 0 Å². The highest BCUT2D eigenvalue weighted by molar-refractivity contribution is 5.99. The number of aromatic nitrogens is 1. The van der Waals surface area contributed by atoms with Crippen LogP contribution in [0, 0.1) is 5.92 Å². The fourth-order valence-electron chi connectivity index (χ4n) is 3.15. The Morgan fingerprint density at radius 2 is 2.03 bits per heavy atom. The number of pyridine rings is 1. The zero-order valence-corrected chi connectivity index (χ0v) is 16.6. The van der Waals surface area contributed by atoms with E-state index in [1.54, 1.807) is 24.3 Å². The molecule has 1 aliphatic carbocycles. The average molecular weight is 415 g/mol. The molecule has 2 atom stereocenters. The quantitative estimate of drug-likeness (QED) is 0.446. The van der Waals surface area contributed by atoms with Gasteiger partial charge in [-0.3, -0.25) is 14.4 Å². The minimum absolute atomic E-state index is 0.00261. The Morgan fingerprint density at radius 3 is 2.70 bits per heavy atom. The van der Waals surface area contributed by atoms with Gasteiger partial charge in [0.05, 0.1) is 18.7 Å². The summed E-state index contributed by atoms with van der Waals surface area (Å²) in [5, 5.41) is 23.3. The first kappa shape index (κ1) is 21.5. The number of aliphatic hydroxyl groups is 2. The first-order valence-electron chi connectivity index (χ1n) is 9.67. The molecule has 2 aromatic rings. The van der Waals surface area contributed by atoms with Crippen LogP contribution in [-0.4, -0.2) is 59.5 Å². The molecule has 2 amide bonds. The van der Waals surface area contributed by atoms with Crippen LogP contribution in [0.15, 0.2) is 41.3 Å². The molecular weight excluding hydrogens is 390 g/mol. The van der Waals surface area contributed by atoms with Crippen molar-refractivity contribution in [3.63, 3.8) is 0 Å². The molecule has 1 aromatic carbocycles. The summed E-state index contributed by atoms with van der Waals surface area (Å²) in [6.07, 6.45) is 2.12. The molecule has 160 valence electrons. The molecule has 30 heavy (non-hydrogen) atoms. The molecule has 1 heterocycles. The predicted molar refractivity (Wildman–Crippen MR) is 109 cm³/mol. The third-order valence-electron chi connectivity index (χ3n) is 4.90. The lowest BCUT2D eigenvalue weighted by Gasteiger charge is -2.13. The summed E-state index contributed by atoms with van der Waals surface area (Å²) in [7, 11) is 1.41. The predicted octanol–water partition coefficient (Wildman–Crippen LogP) is -0.262. The highest BCUT2D eigenvalue weighted by Gasteiger charge is 2.37. The Hall–Kier alpha value is -3.17. The van der Waals surface area contributed by atoms with E-state index in [-0.39, 0.29) is 49.5 Å². The molecule has 4 N–H and O–H groups in total.